The largest absolute Gasteiger partial charge is 0.298 e. The molecule has 0 fully saturated rings. The number of hydrogen-bond acceptors (Lipinski definition) is 2. The highest BCUT2D eigenvalue weighted by molar-refractivity contribution is 6.10. The molecule has 0 saturated heterocycles. The third-order valence-corrected chi connectivity index (χ3v) is 4.92. The summed E-state index contributed by atoms with van der Waals surface area (Å²) in [6, 6.07) is 13.2. The minimum absolute atomic E-state index is 0.0161. The molecule has 0 bridgehead atoms. The van der Waals surface area contributed by atoms with Gasteiger partial charge in [0.05, 0.1) is 0 Å². The molecule has 2 aromatic rings. The van der Waals surface area contributed by atoms with Gasteiger partial charge in [0.2, 0.25) is 0 Å². The van der Waals surface area contributed by atoms with Crippen molar-refractivity contribution in [2.45, 2.75) is 65.2 Å². The van der Waals surface area contributed by atoms with Gasteiger partial charge in [-0.1, -0.05) is 81.8 Å². The van der Waals surface area contributed by atoms with Gasteiger partial charge >= 0.3 is 0 Å². The number of carbonyl (C=O) groups excluding carboxylic acids is 2. The molecule has 0 N–H and O–H groups in total. The van der Waals surface area contributed by atoms with Gasteiger partial charge < -0.3 is 0 Å². The summed E-state index contributed by atoms with van der Waals surface area (Å²) in [5.41, 5.74) is 4.10. The van der Waals surface area contributed by atoms with E-state index in [2.05, 4.69) is 19.1 Å². The SMILES string of the molecule is CCCCCCCCCc1ccc(C(=O)c2ccc(C=O)cc2C)cc1. The third-order valence-electron chi connectivity index (χ3n) is 4.92. The Bertz CT molecular complexity index is 713. The van der Waals surface area contributed by atoms with Gasteiger partial charge in [0.25, 0.3) is 0 Å². The Kier molecular flexibility index (Phi) is 8.27. The van der Waals surface area contributed by atoms with Gasteiger partial charge in [-0.3, -0.25) is 9.59 Å². The van der Waals surface area contributed by atoms with Crippen LogP contribution in [0.3, 0.4) is 0 Å². The van der Waals surface area contributed by atoms with E-state index in [0.717, 1.165) is 18.3 Å². The van der Waals surface area contributed by atoms with E-state index in [1.165, 1.54) is 50.5 Å². The standard InChI is InChI=1S/C24H30O2/c1-3-4-5-6-7-8-9-10-20-11-14-22(15-12-20)24(26)23-16-13-21(18-25)17-19(23)2/h11-18H,3-10H2,1-2H3. The van der Waals surface area contributed by atoms with E-state index in [9.17, 15) is 9.59 Å². The van der Waals surface area contributed by atoms with Crippen LogP contribution in [0.5, 0.6) is 0 Å². The minimum Gasteiger partial charge on any atom is -0.298 e. The van der Waals surface area contributed by atoms with Gasteiger partial charge in [-0.2, -0.15) is 0 Å². The smallest absolute Gasteiger partial charge is 0.193 e. The number of unbranched alkanes of at least 4 members (excludes halogenated alkanes) is 6. The maximum Gasteiger partial charge on any atom is 0.193 e. The molecule has 0 heterocycles. The van der Waals surface area contributed by atoms with E-state index >= 15 is 0 Å². The molecule has 0 amide bonds. The van der Waals surface area contributed by atoms with Crippen LogP contribution in [-0.2, 0) is 6.42 Å². The number of hydrogen-bond donors (Lipinski definition) is 0. The lowest BCUT2D eigenvalue weighted by Gasteiger charge is -2.07. The predicted molar refractivity (Wildman–Crippen MR) is 108 cm³/mol. The summed E-state index contributed by atoms with van der Waals surface area (Å²) in [5.74, 6) is 0.0161. The first-order valence-corrected chi connectivity index (χ1v) is 9.85. The van der Waals surface area contributed by atoms with Crippen LogP contribution in [0.15, 0.2) is 42.5 Å². The second-order valence-electron chi connectivity index (χ2n) is 7.09. The van der Waals surface area contributed by atoms with Gasteiger partial charge in [-0.15, -0.1) is 0 Å². The normalized spacial score (nSPS) is 10.7. The molecule has 2 rings (SSSR count). The molecule has 0 radical (unpaired) electrons. The number of rotatable bonds is 11. The molecule has 2 aromatic carbocycles. The Balaban J connectivity index is 1.86. The lowest BCUT2D eigenvalue weighted by atomic mass is 9.96. The average Bonchev–Trinajstić information content (AvgIpc) is 2.67. The molecule has 0 aliphatic carbocycles. The van der Waals surface area contributed by atoms with E-state index in [1.54, 1.807) is 18.2 Å². The molecule has 0 atom stereocenters. The first-order chi connectivity index (χ1) is 12.7. The van der Waals surface area contributed by atoms with Crippen LogP contribution in [0.4, 0.5) is 0 Å². The number of aryl methyl sites for hydroxylation is 2. The molecule has 0 spiro atoms. The Morgan fingerprint density at radius 2 is 1.54 bits per heavy atom. The van der Waals surface area contributed by atoms with Gasteiger partial charge in [0.1, 0.15) is 6.29 Å². The average molecular weight is 351 g/mol. The number of benzene rings is 2. The monoisotopic (exact) mass is 350 g/mol. The summed E-state index contributed by atoms with van der Waals surface area (Å²) in [6.07, 6.45) is 11.1. The van der Waals surface area contributed by atoms with Crippen molar-refractivity contribution < 1.29 is 9.59 Å². The summed E-state index contributed by atoms with van der Waals surface area (Å²) in [6.45, 7) is 4.12. The topological polar surface area (TPSA) is 34.1 Å². The summed E-state index contributed by atoms with van der Waals surface area (Å²) >= 11 is 0. The van der Waals surface area contributed by atoms with Crippen LogP contribution < -0.4 is 0 Å². The lowest BCUT2D eigenvalue weighted by molar-refractivity contribution is 0.103. The maximum absolute atomic E-state index is 12.7. The molecule has 0 aromatic heterocycles. The quantitative estimate of drug-likeness (QED) is 0.269. The lowest BCUT2D eigenvalue weighted by Crippen LogP contribution is -2.04. The minimum atomic E-state index is 0.0161. The van der Waals surface area contributed by atoms with Crippen molar-refractivity contribution in [1.29, 1.82) is 0 Å². The fourth-order valence-corrected chi connectivity index (χ4v) is 3.28. The van der Waals surface area contributed by atoms with E-state index in [-0.39, 0.29) is 5.78 Å². The van der Waals surface area contributed by atoms with Gasteiger partial charge in [0, 0.05) is 16.7 Å². The van der Waals surface area contributed by atoms with Crippen LogP contribution in [0, 0.1) is 6.92 Å². The zero-order valence-corrected chi connectivity index (χ0v) is 16.1. The highest BCUT2D eigenvalue weighted by atomic mass is 16.1. The van der Waals surface area contributed by atoms with E-state index in [1.807, 2.05) is 19.1 Å². The molecule has 0 saturated carbocycles. The third kappa shape index (κ3) is 5.94. The maximum atomic E-state index is 12.7. The molecular weight excluding hydrogens is 320 g/mol. The highest BCUT2D eigenvalue weighted by Crippen LogP contribution is 2.17. The molecule has 0 unspecified atom stereocenters. The number of carbonyl (C=O) groups is 2. The van der Waals surface area contributed by atoms with Crippen molar-refractivity contribution in [3.8, 4) is 0 Å². The van der Waals surface area contributed by atoms with Gasteiger partial charge in [-0.25, -0.2) is 0 Å². The van der Waals surface area contributed by atoms with Crippen molar-refractivity contribution in [1.82, 2.24) is 0 Å². The van der Waals surface area contributed by atoms with Gasteiger partial charge in [0.15, 0.2) is 5.78 Å². The number of ketones is 1. The summed E-state index contributed by atoms with van der Waals surface area (Å²) < 4.78 is 0. The predicted octanol–water partition coefficient (Wildman–Crippen LogP) is 6.33. The van der Waals surface area contributed by atoms with Crippen molar-refractivity contribution in [2.24, 2.45) is 0 Å². The van der Waals surface area contributed by atoms with Gasteiger partial charge in [-0.05, 0) is 37.0 Å². The van der Waals surface area contributed by atoms with Crippen LogP contribution in [0.25, 0.3) is 0 Å². The molecule has 26 heavy (non-hydrogen) atoms. The Morgan fingerprint density at radius 1 is 0.885 bits per heavy atom. The van der Waals surface area contributed by atoms with Crippen LogP contribution in [0.1, 0.15) is 89.3 Å². The molecular formula is C24H30O2. The fraction of sp³-hybridized carbons (Fsp3) is 0.417. The Hall–Kier alpha value is -2.22. The second kappa shape index (κ2) is 10.7. The summed E-state index contributed by atoms with van der Waals surface area (Å²) in [5, 5.41) is 0. The van der Waals surface area contributed by atoms with Crippen LogP contribution in [-0.4, -0.2) is 12.1 Å². The van der Waals surface area contributed by atoms with E-state index in [0.29, 0.717) is 16.7 Å². The van der Waals surface area contributed by atoms with E-state index in [4.69, 9.17) is 0 Å². The second-order valence-corrected chi connectivity index (χ2v) is 7.09. The first-order valence-electron chi connectivity index (χ1n) is 9.85. The fourth-order valence-electron chi connectivity index (χ4n) is 3.28. The molecule has 2 heteroatoms. The summed E-state index contributed by atoms with van der Waals surface area (Å²) in [4.78, 5) is 23.5. The molecule has 2 nitrogen and oxygen atoms in total. The van der Waals surface area contributed by atoms with E-state index < -0.39 is 0 Å². The number of aldehydes is 1. The first kappa shape index (κ1) is 20.1. The van der Waals surface area contributed by atoms with Crippen molar-refractivity contribution >= 4 is 12.1 Å². The van der Waals surface area contributed by atoms with Crippen molar-refractivity contribution in [2.75, 3.05) is 0 Å². The summed E-state index contributed by atoms with van der Waals surface area (Å²) in [7, 11) is 0. The zero-order chi connectivity index (χ0) is 18.8. The molecule has 138 valence electrons. The highest BCUT2D eigenvalue weighted by Gasteiger charge is 2.12. The van der Waals surface area contributed by atoms with Crippen molar-refractivity contribution in [3.05, 3.63) is 70.3 Å². The van der Waals surface area contributed by atoms with Crippen LogP contribution >= 0.6 is 0 Å². The Morgan fingerprint density at radius 3 is 2.15 bits per heavy atom. The van der Waals surface area contributed by atoms with Crippen LogP contribution in [0.2, 0.25) is 0 Å². The van der Waals surface area contributed by atoms with Crippen molar-refractivity contribution in [3.63, 3.8) is 0 Å². The zero-order valence-electron chi connectivity index (χ0n) is 16.1. The molecule has 0 aliphatic heterocycles. The Labute approximate surface area is 157 Å². The molecule has 0 aliphatic rings.